The van der Waals surface area contributed by atoms with E-state index in [4.69, 9.17) is 4.74 Å². The summed E-state index contributed by atoms with van der Waals surface area (Å²) < 4.78 is 5.29. The fourth-order valence-corrected chi connectivity index (χ4v) is 4.02. The minimum atomic E-state index is -0.287. The molecule has 0 aliphatic rings. The third kappa shape index (κ3) is 13.9. The van der Waals surface area contributed by atoms with Gasteiger partial charge < -0.3 is 10.1 Å². The normalized spacial score (nSPS) is 10.8. The molecule has 1 aromatic rings. The van der Waals surface area contributed by atoms with Crippen molar-refractivity contribution in [1.29, 1.82) is 0 Å². The summed E-state index contributed by atoms with van der Waals surface area (Å²) in [5.74, 6) is 0.136. The number of amides is 2. The van der Waals surface area contributed by atoms with Gasteiger partial charge in [0.15, 0.2) is 0 Å². The van der Waals surface area contributed by atoms with Crippen LogP contribution in [0, 0.1) is 0 Å². The Morgan fingerprint density at radius 3 is 1.79 bits per heavy atom. The van der Waals surface area contributed by atoms with Gasteiger partial charge in [0.1, 0.15) is 5.75 Å². The van der Waals surface area contributed by atoms with E-state index >= 15 is 0 Å². The molecule has 0 spiro atoms. The van der Waals surface area contributed by atoms with Gasteiger partial charge in [-0.25, -0.2) is 5.43 Å². The molecule has 0 bridgehead atoms. The quantitative estimate of drug-likeness (QED) is 0.148. The second kappa shape index (κ2) is 19.4. The van der Waals surface area contributed by atoms with E-state index in [0.29, 0.717) is 23.4 Å². The van der Waals surface area contributed by atoms with E-state index in [2.05, 4.69) is 23.1 Å². The van der Waals surface area contributed by atoms with Crippen LogP contribution in [0.4, 0.5) is 5.69 Å². The number of hydrogen-bond acceptors (Lipinski definition) is 4. The number of carbonyl (C=O) groups excluding carboxylic acids is 2. The molecular weight excluding hydrogens is 414 g/mol. The van der Waals surface area contributed by atoms with Crippen LogP contribution in [0.25, 0.3) is 0 Å². The highest BCUT2D eigenvalue weighted by Gasteiger charge is 2.13. The monoisotopic (exact) mass is 461 g/mol. The van der Waals surface area contributed by atoms with Crippen molar-refractivity contribution < 1.29 is 14.3 Å². The summed E-state index contributed by atoms with van der Waals surface area (Å²) >= 11 is 0. The Labute approximate surface area is 201 Å². The maximum absolute atomic E-state index is 12.2. The van der Waals surface area contributed by atoms with Gasteiger partial charge in [-0.1, -0.05) is 96.8 Å². The van der Waals surface area contributed by atoms with Crippen molar-refractivity contribution in [2.45, 2.75) is 110 Å². The maximum atomic E-state index is 12.2. The molecule has 0 radical (unpaired) electrons. The number of rotatable bonds is 20. The lowest BCUT2D eigenvalue weighted by atomic mass is 10.0. The summed E-state index contributed by atoms with van der Waals surface area (Å²) in [6.07, 6.45) is 20.2. The largest absolute Gasteiger partial charge is 0.496 e. The van der Waals surface area contributed by atoms with E-state index < -0.39 is 0 Å². The third-order valence-corrected chi connectivity index (χ3v) is 5.98. The van der Waals surface area contributed by atoms with Crippen molar-refractivity contribution in [3.8, 4) is 5.75 Å². The lowest BCUT2D eigenvalue weighted by molar-refractivity contribution is -0.116. The van der Waals surface area contributed by atoms with Crippen LogP contribution in [0.5, 0.6) is 5.75 Å². The number of hydrogen-bond donors (Lipinski definition) is 3. The maximum Gasteiger partial charge on any atom is 0.269 e. The molecule has 33 heavy (non-hydrogen) atoms. The number of benzene rings is 1. The van der Waals surface area contributed by atoms with E-state index in [-0.39, 0.29) is 11.8 Å². The van der Waals surface area contributed by atoms with Gasteiger partial charge >= 0.3 is 0 Å². The molecule has 6 nitrogen and oxygen atoms in total. The highest BCUT2D eigenvalue weighted by molar-refractivity contribution is 5.98. The zero-order chi connectivity index (χ0) is 24.2. The van der Waals surface area contributed by atoms with Crippen LogP contribution < -0.4 is 20.9 Å². The van der Waals surface area contributed by atoms with Crippen LogP contribution in [-0.2, 0) is 4.79 Å². The zero-order valence-corrected chi connectivity index (χ0v) is 21.3. The Balaban J connectivity index is 2.05. The summed E-state index contributed by atoms with van der Waals surface area (Å²) in [7, 11) is 3.13. The fraction of sp³-hybridized carbons (Fsp3) is 0.704. The van der Waals surface area contributed by atoms with Crippen LogP contribution in [-0.4, -0.2) is 26.0 Å². The minimum absolute atomic E-state index is 0.000765. The van der Waals surface area contributed by atoms with Gasteiger partial charge in [-0.2, -0.15) is 0 Å². The summed E-state index contributed by atoms with van der Waals surface area (Å²) in [5.41, 5.74) is 6.16. The molecule has 1 rings (SSSR count). The van der Waals surface area contributed by atoms with Crippen molar-refractivity contribution in [1.82, 2.24) is 10.9 Å². The molecule has 3 N–H and O–H groups in total. The lowest BCUT2D eigenvalue weighted by Gasteiger charge is -2.11. The van der Waals surface area contributed by atoms with Gasteiger partial charge in [-0.3, -0.25) is 15.0 Å². The molecule has 0 saturated heterocycles. The van der Waals surface area contributed by atoms with Crippen molar-refractivity contribution in [2.24, 2.45) is 0 Å². The van der Waals surface area contributed by atoms with E-state index in [1.54, 1.807) is 25.2 Å². The van der Waals surface area contributed by atoms with Crippen molar-refractivity contribution >= 4 is 17.5 Å². The number of methoxy groups -OCH3 is 1. The van der Waals surface area contributed by atoms with Crippen LogP contribution in [0.15, 0.2) is 18.2 Å². The van der Waals surface area contributed by atoms with E-state index in [1.165, 1.54) is 90.6 Å². The molecule has 0 saturated carbocycles. The van der Waals surface area contributed by atoms with Gasteiger partial charge in [-0.05, 0) is 18.6 Å². The van der Waals surface area contributed by atoms with Crippen LogP contribution in [0.2, 0.25) is 0 Å². The molecular formula is C27H47N3O3. The molecule has 0 aromatic heterocycles. The molecule has 1 aromatic carbocycles. The first-order valence-electron chi connectivity index (χ1n) is 13.1. The van der Waals surface area contributed by atoms with E-state index in [9.17, 15) is 9.59 Å². The van der Waals surface area contributed by atoms with Crippen LogP contribution in [0.1, 0.15) is 120 Å². The first-order valence-corrected chi connectivity index (χ1v) is 13.1. The van der Waals surface area contributed by atoms with Gasteiger partial charge in [-0.15, -0.1) is 0 Å². The first-order chi connectivity index (χ1) is 16.1. The average Bonchev–Trinajstić information content (AvgIpc) is 2.81. The number of unbranched alkanes of at least 4 members (excludes halogenated alkanes) is 14. The molecule has 0 unspecified atom stereocenters. The topological polar surface area (TPSA) is 79.5 Å². The minimum Gasteiger partial charge on any atom is -0.496 e. The second-order valence-electron chi connectivity index (χ2n) is 8.87. The first kappa shape index (κ1) is 29.0. The zero-order valence-electron chi connectivity index (χ0n) is 21.3. The Hall–Kier alpha value is -2.08. The van der Waals surface area contributed by atoms with E-state index in [1.807, 2.05) is 0 Å². The smallest absolute Gasteiger partial charge is 0.269 e. The van der Waals surface area contributed by atoms with Crippen LogP contribution in [0.3, 0.4) is 0 Å². The van der Waals surface area contributed by atoms with Crippen molar-refractivity contribution in [3.63, 3.8) is 0 Å². The molecule has 0 fully saturated rings. The van der Waals surface area contributed by atoms with Gasteiger partial charge in [0.25, 0.3) is 5.91 Å². The molecule has 0 atom stereocenters. The Kier molecular flexibility index (Phi) is 17.0. The molecule has 0 aliphatic heterocycles. The number of anilines is 1. The van der Waals surface area contributed by atoms with Crippen molar-refractivity contribution in [2.75, 3.05) is 19.5 Å². The average molecular weight is 462 g/mol. The van der Waals surface area contributed by atoms with Gasteiger partial charge in [0, 0.05) is 25.2 Å². The fourth-order valence-electron chi connectivity index (χ4n) is 4.02. The van der Waals surface area contributed by atoms with Crippen LogP contribution >= 0.6 is 0 Å². The highest BCUT2D eigenvalue weighted by atomic mass is 16.5. The predicted molar refractivity (Wildman–Crippen MR) is 138 cm³/mol. The van der Waals surface area contributed by atoms with E-state index in [0.717, 1.165) is 12.8 Å². The molecule has 6 heteroatoms. The lowest BCUT2D eigenvalue weighted by Crippen LogP contribution is -2.34. The summed E-state index contributed by atoms with van der Waals surface area (Å²) in [6.45, 7) is 2.27. The van der Waals surface area contributed by atoms with Gasteiger partial charge in [0.05, 0.1) is 12.7 Å². The molecule has 2 amide bonds. The summed E-state index contributed by atoms with van der Waals surface area (Å²) in [5, 5.41) is 2.90. The Morgan fingerprint density at radius 2 is 1.30 bits per heavy atom. The Morgan fingerprint density at radius 1 is 0.788 bits per heavy atom. The number of carbonyl (C=O) groups is 2. The molecule has 0 heterocycles. The predicted octanol–water partition coefficient (Wildman–Crippen LogP) is 6.76. The standard InChI is InChI=1S/C27H47N3O3/c1-4-5-6-7-8-9-10-11-12-13-14-15-16-17-18-19-26(31)29-23-20-21-24(25(22-23)33-3)27(32)30-28-2/h20-22,28H,4-19H2,1-3H3,(H,29,31)(H,30,32). The Bertz CT molecular complexity index is 664. The third-order valence-electron chi connectivity index (χ3n) is 5.98. The molecule has 188 valence electrons. The number of nitrogens with one attached hydrogen (secondary N) is 3. The number of hydrazine groups is 1. The van der Waals surface area contributed by atoms with Crippen molar-refractivity contribution in [3.05, 3.63) is 23.8 Å². The second-order valence-corrected chi connectivity index (χ2v) is 8.87. The SMILES string of the molecule is CCCCCCCCCCCCCCCCCC(=O)Nc1ccc(C(=O)NNC)c(OC)c1. The summed E-state index contributed by atoms with van der Waals surface area (Å²) in [4.78, 5) is 24.2. The summed E-state index contributed by atoms with van der Waals surface area (Å²) in [6, 6.07) is 5.04. The molecule has 0 aliphatic carbocycles. The van der Waals surface area contributed by atoms with Gasteiger partial charge in [0.2, 0.25) is 5.91 Å². The highest BCUT2D eigenvalue weighted by Crippen LogP contribution is 2.23. The number of ether oxygens (including phenoxy) is 1.